The number of methoxy groups -OCH3 is 1. The van der Waals surface area contributed by atoms with Gasteiger partial charge in [0.2, 0.25) is 5.96 Å². The molecule has 0 aliphatic carbocycles. The van der Waals surface area contributed by atoms with Crippen LogP contribution in [0.1, 0.15) is 20.8 Å². The van der Waals surface area contributed by atoms with Gasteiger partial charge in [-0.25, -0.2) is 5.84 Å². The summed E-state index contributed by atoms with van der Waals surface area (Å²) in [6, 6.07) is 0.247. The van der Waals surface area contributed by atoms with Crippen LogP contribution in [0, 0.1) is 5.92 Å². The number of nitrogens with one attached hydrogen (secondary N) is 1. The minimum absolute atomic E-state index is 0.247. The Bertz CT molecular complexity index is 194. The molecule has 5 nitrogen and oxygen atoms in total. The molecular formula is C10H24N4O. The quantitative estimate of drug-likeness (QED) is 0.303. The molecular weight excluding hydrogens is 192 g/mol. The predicted octanol–water partition coefficient (Wildman–Crippen LogP) is 0.428. The van der Waals surface area contributed by atoms with Gasteiger partial charge in [0.15, 0.2) is 0 Å². The van der Waals surface area contributed by atoms with Gasteiger partial charge in [0, 0.05) is 20.7 Å². The molecule has 0 saturated carbocycles. The van der Waals surface area contributed by atoms with Gasteiger partial charge in [-0.2, -0.15) is 0 Å². The minimum Gasteiger partial charge on any atom is -0.383 e. The van der Waals surface area contributed by atoms with E-state index >= 15 is 0 Å². The highest BCUT2D eigenvalue weighted by Crippen LogP contribution is 1.98. The number of likely N-dealkylation sites (N-methyl/N-ethyl adjacent to an activating group) is 1. The molecule has 0 aromatic heterocycles. The molecule has 1 unspecified atom stereocenters. The largest absolute Gasteiger partial charge is 0.383 e. The highest BCUT2D eigenvalue weighted by atomic mass is 16.5. The van der Waals surface area contributed by atoms with Gasteiger partial charge >= 0.3 is 0 Å². The second-order valence-corrected chi connectivity index (χ2v) is 4.12. The summed E-state index contributed by atoms with van der Waals surface area (Å²) in [6.07, 6.45) is 0. The molecule has 5 heteroatoms. The lowest BCUT2D eigenvalue weighted by molar-refractivity contribution is 0.144. The van der Waals surface area contributed by atoms with Crippen LogP contribution in [0.15, 0.2) is 4.99 Å². The molecule has 0 aliphatic rings. The van der Waals surface area contributed by atoms with Crippen LogP contribution in [0.2, 0.25) is 0 Å². The van der Waals surface area contributed by atoms with Crippen molar-refractivity contribution in [3.63, 3.8) is 0 Å². The van der Waals surface area contributed by atoms with Crippen LogP contribution in [0.4, 0.5) is 0 Å². The van der Waals surface area contributed by atoms with E-state index in [0.29, 0.717) is 18.5 Å². The Hall–Kier alpha value is -0.810. The van der Waals surface area contributed by atoms with Gasteiger partial charge in [-0.3, -0.25) is 10.4 Å². The summed E-state index contributed by atoms with van der Waals surface area (Å²) >= 11 is 0. The minimum atomic E-state index is 0.247. The fraction of sp³-hybridized carbons (Fsp3) is 0.900. The van der Waals surface area contributed by atoms with Crippen molar-refractivity contribution in [3.05, 3.63) is 0 Å². The maximum absolute atomic E-state index is 5.43. The lowest BCUT2D eigenvalue weighted by Gasteiger charge is -2.27. The molecule has 0 aliphatic heterocycles. The van der Waals surface area contributed by atoms with Crippen LogP contribution in [0.5, 0.6) is 0 Å². The van der Waals surface area contributed by atoms with E-state index in [1.54, 1.807) is 7.11 Å². The third-order valence-electron chi connectivity index (χ3n) is 2.14. The van der Waals surface area contributed by atoms with E-state index in [4.69, 9.17) is 10.6 Å². The number of hydrogen-bond donors (Lipinski definition) is 2. The zero-order valence-corrected chi connectivity index (χ0v) is 10.4. The number of nitrogens with zero attached hydrogens (tertiary/aromatic N) is 2. The van der Waals surface area contributed by atoms with E-state index in [9.17, 15) is 0 Å². The number of hydrogen-bond acceptors (Lipinski definition) is 3. The van der Waals surface area contributed by atoms with Gasteiger partial charge in [-0.1, -0.05) is 13.8 Å². The van der Waals surface area contributed by atoms with Crippen LogP contribution in [-0.4, -0.2) is 44.2 Å². The molecule has 3 N–H and O–H groups in total. The first kappa shape index (κ1) is 14.2. The van der Waals surface area contributed by atoms with Crippen molar-refractivity contribution >= 4 is 5.96 Å². The summed E-state index contributed by atoms with van der Waals surface area (Å²) in [5.74, 6) is 6.66. The molecule has 0 aromatic carbocycles. The van der Waals surface area contributed by atoms with Gasteiger partial charge < -0.3 is 9.64 Å². The maximum Gasteiger partial charge on any atom is 0.208 e. The first-order valence-corrected chi connectivity index (χ1v) is 5.25. The van der Waals surface area contributed by atoms with E-state index in [2.05, 4.69) is 31.2 Å². The third-order valence-corrected chi connectivity index (χ3v) is 2.14. The van der Waals surface area contributed by atoms with Gasteiger partial charge in [0.05, 0.1) is 12.6 Å². The fourth-order valence-corrected chi connectivity index (χ4v) is 1.09. The lowest BCUT2D eigenvalue weighted by atomic mass is 10.2. The second-order valence-electron chi connectivity index (χ2n) is 4.12. The molecule has 1 atom stereocenters. The first-order chi connectivity index (χ1) is 7.02. The molecule has 0 amide bonds. The number of ether oxygens (including phenoxy) is 1. The average molecular weight is 216 g/mol. The van der Waals surface area contributed by atoms with E-state index in [1.807, 2.05) is 11.9 Å². The molecule has 0 heterocycles. The van der Waals surface area contributed by atoms with Gasteiger partial charge in [0.1, 0.15) is 0 Å². The van der Waals surface area contributed by atoms with E-state index in [1.165, 1.54) is 0 Å². The molecule has 0 spiro atoms. The topological polar surface area (TPSA) is 62.9 Å². The molecule has 0 radical (unpaired) electrons. The zero-order chi connectivity index (χ0) is 11.8. The van der Waals surface area contributed by atoms with Crippen molar-refractivity contribution in [1.82, 2.24) is 10.3 Å². The normalized spacial score (nSPS) is 14.2. The Morgan fingerprint density at radius 3 is 2.47 bits per heavy atom. The highest BCUT2D eigenvalue weighted by molar-refractivity contribution is 5.79. The third kappa shape index (κ3) is 5.59. The predicted molar refractivity (Wildman–Crippen MR) is 63.6 cm³/mol. The zero-order valence-electron chi connectivity index (χ0n) is 10.4. The number of guanidine groups is 1. The van der Waals surface area contributed by atoms with Gasteiger partial charge in [-0.05, 0) is 12.8 Å². The summed E-state index contributed by atoms with van der Waals surface area (Å²) in [6.45, 7) is 7.72. The molecule has 0 aromatic rings. The van der Waals surface area contributed by atoms with Crippen LogP contribution >= 0.6 is 0 Å². The van der Waals surface area contributed by atoms with Crippen molar-refractivity contribution in [2.24, 2.45) is 16.8 Å². The highest BCUT2D eigenvalue weighted by Gasteiger charge is 2.12. The lowest BCUT2D eigenvalue weighted by Crippen LogP contribution is -2.48. The Morgan fingerprint density at radius 2 is 2.07 bits per heavy atom. The molecule has 0 rings (SSSR count). The van der Waals surface area contributed by atoms with E-state index < -0.39 is 0 Å². The molecule has 15 heavy (non-hydrogen) atoms. The van der Waals surface area contributed by atoms with Crippen molar-refractivity contribution < 1.29 is 4.74 Å². The molecule has 0 saturated heterocycles. The Morgan fingerprint density at radius 1 is 1.47 bits per heavy atom. The average Bonchev–Trinajstić information content (AvgIpc) is 2.18. The van der Waals surface area contributed by atoms with E-state index in [-0.39, 0.29) is 6.04 Å². The summed E-state index contributed by atoms with van der Waals surface area (Å²) < 4.78 is 5.08. The van der Waals surface area contributed by atoms with E-state index in [0.717, 1.165) is 6.54 Å². The summed E-state index contributed by atoms with van der Waals surface area (Å²) in [5, 5.41) is 0. The summed E-state index contributed by atoms with van der Waals surface area (Å²) in [5.41, 5.74) is 2.62. The first-order valence-electron chi connectivity index (χ1n) is 5.25. The standard InChI is InChI=1S/C10H24N4O/c1-8(2)6-12-10(13-11)14(4)9(3)7-15-5/h8-9H,6-7,11H2,1-5H3,(H,12,13). The van der Waals surface area contributed by atoms with Crippen LogP contribution in [0.25, 0.3) is 0 Å². The van der Waals surface area contributed by atoms with Crippen LogP contribution in [0.3, 0.4) is 0 Å². The monoisotopic (exact) mass is 216 g/mol. The Kier molecular flexibility index (Phi) is 7.07. The maximum atomic E-state index is 5.43. The SMILES string of the molecule is COCC(C)N(C)C(=NCC(C)C)NN. The summed E-state index contributed by atoms with van der Waals surface area (Å²) in [7, 11) is 3.63. The Balaban J connectivity index is 4.31. The molecule has 0 fully saturated rings. The van der Waals surface area contributed by atoms with Crippen molar-refractivity contribution in [2.75, 3.05) is 27.3 Å². The number of nitrogens with two attached hydrogens (primary N) is 1. The molecule has 0 bridgehead atoms. The Labute approximate surface area is 92.7 Å². The van der Waals surface area contributed by atoms with Gasteiger partial charge in [0.25, 0.3) is 0 Å². The number of hydrazine groups is 1. The molecule has 90 valence electrons. The van der Waals surface area contributed by atoms with Gasteiger partial charge in [-0.15, -0.1) is 0 Å². The summed E-state index contributed by atoms with van der Waals surface area (Å²) in [4.78, 5) is 6.37. The van der Waals surface area contributed by atoms with Crippen LogP contribution in [-0.2, 0) is 4.74 Å². The second kappa shape index (κ2) is 7.48. The smallest absolute Gasteiger partial charge is 0.208 e. The van der Waals surface area contributed by atoms with Crippen molar-refractivity contribution in [1.29, 1.82) is 0 Å². The number of aliphatic imine (C=N–C) groups is 1. The van der Waals surface area contributed by atoms with Crippen LogP contribution < -0.4 is 11.3 Å². The fourth-order valence-electron chi connectivity index (χ4n) is 1.09. The van der Waals surface area contributed by atoms with Crippen molar-refractivity contribution in [3.8, 4) is 0 Å². The van der Waals surface area contributed by atoms with Crippen molar-refractivity contribution in [2.45, 2.75) is 26.8 Å². The number of rotatable bonds is 5.